The molecule has 0 amide bonds. The summed E-state index contributed by atoms with van der Waals surface area (Å²) >= 11 is 0. The van der Waals surface area contributed by atoms with Crippen molar-refractivity contribution in [3.63, 3.8) is 0 Å². The van der Waals surface area contributed by atoms with Gasteiger partial charge in [-0.3, -0.25) is 0 Å². The van der Waals surface area contributed by atoms with Gasteiger partial charge in [0.25, 0.3) is 5.95 Å². The Kier molecular flexibility index (Phi) is 3.67. The molecule has 0 aliphatic heterocycles. The van der Waals surface area contributed by atoms with Crippen molar-refractivity contribution in [3.8, 4) is 17.4 Å². The lowest BCUT2D eigenvalue weighted by Crippen LogP contribution is -1.94. The first-order chi connectivity index (χ1) is 8.33. The highest BCUT2D eigenvalue weighted by atomic mass is 16.6. The summed E-state index contributed by atoms with van der Waals surface area (Å²) in [5, 5.41) is 0. The van der Waals surface area contributed by atoms with E-state index in [1.54, 1.807) is 12.1 Å². The molecule has 0 saturated carbocycles. The van der Waals surface area contributed by atoms with Crippen LogP contribution in [-0.2, 0) is 6.54 Å². The molecule has 0 atom stereocenters. The molecule has 0 radical (unpaired) electrons. The van der Waals surface area contributed by atoms with E-state index in [0.717, 1.165) is 0 Å². The Hall–Kier alpha value is -1.94. The van der Waals surface area contributed by atoms with Gasteiger partial charge in [0.1, 0.15) is 5.76 Å². The lowest BCUT2D eigenvalue weighted by atomic mass is 10.3. The van der Waals surface area contributed by atoms with E-state index < -0.39 is 0 Å². The molecule has 17 heavy (non-hydrogen) atoms. The lowest BCUT2D eigenvalue weighted by molar-refractivity contribution is 0.293. The molecular formula is C13H15NO3. The summed E-state index contributed by atoms with van der Waals surface area (Å²) in [6.45, 7) is 2.87. The zero-order valence-corrected chi connectivity index (χ0v) is 9.68. The molecule has 1 aromatic carbocycles. The Morgan fingerprint density at radius 1 is 1.12 bits per heavy atom. The summed E-state index contributed by atoms with van der Waals surface area (Å²) in [5.74, 6) is 2.43. The van der Waals surface area contributed by atoms with Crippen molar-refractivity contribution in [2.75, 3.05) is 6.61 Å². The minimum absolute atomic E-state index is 0.358. The first-order valence-corrected chi connectivity index (χ1v) is 5.52. The summed E-state index contributed by atoms with van der Waals surface area (Å²) in [4.78, 5) is 0. The third kappa shape index (κ3) is 2.79. The fourth-order valence-electron chi connectivity index (χ4n) is 1.44. The van der Waals surface area contributed by atoms with Crippen LogP contribution in [0.15, 0.2) is 40.8 Å². The maximum absolute atomic E-state index is 5.60. The Bertz CT molecular complexity index is 479. The molecule has 0 spiro atoms. The molecule has 2 aromatic rings. The maximum Gasteiger partial charge on any atom is 0.290 e. The standard InChI is InChI=1S/C13H15NO3/c1-2-15-11-5-3-4-6-12(11)17-13-8-7-10(9-14)16-13/h3-8H,2,9,14H2,1H3. The molecule has 4 heteroatoms. The van der Waals surface area contributed by atoms with Gasteiger partial charge in [0.15, 0.2) is 11.5 Å². The smallest absolute Gasteiger partial charge is 0.290 e. The normalized spacial score (nSPS) is 10.2. The van der Waals surface area contributed by atoms with Gasteiger partial charge >= 0.3 is 0 Å². The van der Waals surface area contributed by atoms with Gasteiger partial charge in [-0.25, -0.2) is 0 Å². The van der Waals surface area contributed by atoms with Crippen molar-refractivity contribution >= 4 is 0 Å². The number of furan rings is 1. The van der Waals surface area contributed by atoms with Crippen LogP contribution in [0.1, 0.15) is 12.7 Å². The van der Waals surface area contributed by atoms with Gasteiger partial charge in [-0.05, 0) is 25.1 Å². The highest BCUT2D eigenvalue weighted by Crippen LogP contribution is 2.31. The van der Waals surface area contributed by atoms with Crippen molar-refractivity contribution in [3.05, 3.63) is 42.2 Å². The third-order valence-electron chi connectivity index (χ3n) is 2.20. The van der Waals surface area contributed by atoms with Crippen LogP contribution in [0.5, 0.6) is 17.4 Å². The third-order valence-corrected chi connectivity index (χ3v) is 2.20. The molecule has 0 aliphatic carbocycles. The number of rotatable bonds is 5. The van der Waals surface area contributed by atoms with Crippen LogP contribution in [0.4, 0.5) is 0 Å². The van der Waals surface area contributed by atoms with Gasteiger partial charge in [0.05, 0.1) is 13.2 Å². The lowest BCUT2D eigenvalue weighted by Gasteiger charge is -2.08. The van der Waals surface area contributed by atoms with E-state index in [4.69, 9.17) is 19.6 Å². The molecule has 4 nitrogen and oxygen atoms in total. The predicted octanol–water partition coefficient (Wildman–Crippen LogP) is 2.93. The molecular weight excluding hydrogens is 218 g/mol. The average molecular weight is 233 g/mol. The van der Waals surface area contributed by atoms with E-state index in [9.17, 15) is 0 Å². The highest BCUT2D eigenvalue weighted by molar-refractivity contribution is 5.41. The van der Waals surface area contributed by atoms with Crippen molar-refractivity contribution in [2.24, 2.45) is 5.73 Å². The van der Waals surface area contributed by atoms with Gasteiger partial charge in [-0.1, -0.05) is 12.1 Å². The largest absolute Gasteiger partial charge is 0.490 e. The topological polar surface area (TPSA) is 57.6 Å². The number of benzene rings is 1. The Balaban J connectivity index is 2.17. The Morgan fingerprint density at radius 3 is 2.53 bits per heavy atom. The van der Waals surface area contributed by atoms with Gasteiger partial charge in [-0.2, -0.15) is 0 Å². The number of para-hydroxylation sites is 2. The quantitative estimate of drug-likeness (QED) is 0.862. The van der Waals surface area contributed by atoms with Crippen LogP contribution < -0.4 is 15.2 Å². The highest BCUT2D eigenvalue weighted by Gasteiger charge is 2.07. The summed E-state index contributed by atoms with van der Waals surface area (Å²) in [5.41, 5.74) is 5.46. The van der Waals surface area contributed by atoms with Crippen LogP contribution >= 0.6 is 0 Å². The SMILES string of the molecule is CCOc1ccccc1Oc1ccc(CN)o1. The first-order valence-electron chi connectivity index (χ1n) is 5.52. The second-order valence-corrected chi connectivity index (χ2v) is 3.41. The molecule has 0 bridgehead atoms. The van der Waals surface area contributed by atoms with E-state index in [0.29, 0.717) is 36.4 Å². The molecule has 1 heterocycles. The van der Waals surface area contributed by atoms with Gasteiger partial charge in [0, 0.05) is 6.07 Å². The molecule has 0 fully saturated rings. The van der Waals surface area contributed by atoms with Gasteiger partial charge < -0.3 is 19.6 Å². The van der Waals surface area contributed by atoms with Crippen LogP contribution in [0.2, 0.25) is 0 Å². The summed E-state index contributed by atoms with van der Waals surface area (Å²) in [7, 11) is 0. The van der Waals surface area contributed by atoms with E-state index in [1.807, 2.05) is 31.2 Å². The predicted molar refractivity (Wildman–Crippen MR) is 64.3 cm³/mol. The van der Waals surface area contributed by atoms with Gasteiger partial charge in [0.2, 0.25) is 0 Å². The number of hydrogen-bond acceptors (Lipinski definition) is 4. The van der Waals surface area contributed by atoms with Crippen molar-refractivity contribution < 1.29 is 13.9 Å². The van der Waals surface area contributed by atoms with Crippen molar-refractivity contribution in [1.82, 2.24) is 0 Å². The Labute approximate surface area is 99.9 Å². The fraction of sp³-hybridized carbons (Fsp3) is 0.231. The fourth-order valence-corrected chi connectivity index (χ4v) is 1.44. The van der Waals surface area contributed by atoms with Gasteiger partial charge in [-0.15, -0.1) is 0 Å². The van der Waals surface area contributed by atoms with Crippen molar-refractivity contribution in [1.29, 1.82) is 0 Å². The second-order valence-electron chi connectivity index (χ2n) is 3.41. The van der Waals surface area contributed by atoms with Crippen LogP contribution in [0, 0.1) is 0 Å². The molecule has 0 saturated heterocycles. The zero-order chi connectivity index (χ0) is 12.1. The first kappa shape index (κ1) is 11.5. The maximum atomic E-state index is 5.60. The zero-order valence-electron chi connectivity index (χ0n) is 9.68. The van der Waals surface area contributed by atoms with E-state index in [-0.39, 0.29) is 0 Å². The molecule has 1 aromatic heterocycles. The minimum Gasteiger partial charge on any atom is -0.490 e. The average Bonchev–Trinajstić information content (AvgIpc) is 2.80. The molecule has 2 N–H and O–H groups in total. The molecule has 90 valence electrons. The second kappa shape index (κ2) is 5.41. The summed E-state index contributed by atoms with van der Waals surface area (Å²) in [6, 6.07) is 11.0. The summed E-state index contributed by atoms with van der Waals surface area (Å²) in [6.07, 6.45) is 0. The van der Waals surface area contributed by atoms with Crippen molar-refractivity contribution in [2.45, 2.75) is 13.5 Å². The number of ether oxygens (including phenoxy) is 2. The minimum atomic E-state index is 0.358. The van der Waals surface area contributed by atoms with E-state index in [1.165, 1.54) is 0 Å². The monoisotopic (exact) mass is 233 g/mol. The Morgan fingerprint density at radius 2 is 1.88 bits per heavy atom. The van der Waals surface area contributed by atoms with E-state index >= 15 is 0 Å². The van der Waals surface area contributed by atoms with E-state index in [2.05, 4.69) is 0 Å². The molecule has 0 aliphatic rings. The van der Waals surface area contributed by atoms with Crippen LogP contribution in [-0.4, -0.2) is 6.61 Å². The number of hydrogen-bond donors (Lipinski definition) is 1. The van der Waals surface area contributed by atoms with Crippen LogP contribution in [0.3, 0.4) is 0 Å². The molecule has 0 unspecified atom stereocenters. The number of nitrogens with two attached hydrogens (primary N) is 1. The summed E-state index contributed by atoms with van der Waals surface area (Å²) < 4.78 is 16.4. The molecule has 2 rings (SSSR count). The van der Waals surface area contributed by atoms with Crippen LogP contribution in [0.25, 0.3) is 0 Å².